The van der Waals surface area contributed by atoms with E-state index < -0.39 is 46.9 Å². The first kappa shape index (κ1) is 24.6. The fraction of sp³-hybridized carbons (Fsp3) is 0.560. The monoisotopic (exact) mass is 459 g/mol. The molecule has 8 nitrogen and oxygen atoms in total. The van der Waals surface area contributed by atoms with Crippen molar-refractivity contribution in [1.29, 1.82) is 0 Å². The Bertz CT molecular complexity index is 908. The SMILES string of the molecule is CC(C)(C)OC(=O)NC(Cc1ccc(O)cc1)/C(O)=C1\C(=O)OC(CC2CCCCC2)C1=O. The lowest BCUT2D eigenvalue weighted by atomic mass is 9.84. The number of rotatable bonds is 6. The lowest BCUT2D eigenvalue weighted by Crippen LogP contribution is -2.42. The molecule has 33 heavy (non-hydrogen) atoms. The molecule has 0 bridgehead atoms. The number of cyclic esters (lactones) is 1. The second kappa shape index (κ2) is 10.3. The molecule has 1 saturated carbocycles. The molecule has 1 aliphatic heterocycles. The van der Waals surface area contributed by atoms with Crippen LogP contribution in [0.2, 0.25) is 0 Å². The molecule has 1 aliphatic carbocycles. The summed E-state index contributed by atoms with van der Waals surface area (Å²) < 4.78 is 10.6. The van der Waals surface area contributed by atoms with Gasteiger partial charge in [-0.2, -0.15) is 0 Å². The number of benzene rings is 1. The Labute approximate surface area is 194 Å². The number of phenolic OH excluding ortho intramolecular Hbond substituents is 1. The van der Waals surface area contributed by atoms with E-state index in [1.807, 2.05) is 0 Å². The van der Waals surface area contributed by atoms with E-state index in [0.717, 1.165) is 25.7 Å². The van der Waals surface area contributed by atoms with Crippen LogP contribution in [0.25, 0.3) is 0 Å². The number of carbonyl (C=O) groups excluding carboxylic acids is 3. The van der Waals surface area contributed by atoms with E-state index in [9.17, 15) is 24.6 Å². The van der Waals surface area contributed by atoms with Crippen LogP contribution in [0.3, 0.4) is 0 Å². The Morgan fingerprint density at radius 2 is 1.79 bits per heavy atom. The molecule has 2 atom stereocenters. The maximum Gasteiger partial charge on any atom is 0.408 e. The Morgan fingerprint density at radius 3 is 2.39 bits per heavy atom. The smallest absolute Gasteiger partial charge is 0.408 e. The van der Waals surface area contributed by atoms with E-state index >= 15 is 0 Å². The molecular formula is C25H33NO7. The molecule has 0 spiro atoms. The van der Waals surface area contributed by atoms with E-state index in [0.29, 0.717) is 17.9 Å². The Balaban J connectivity index is 1.83. The van der Waals surface area contributed by atoms with Gasteiger partial charge in [0, 0.05) is 6.42 Å². The van der Waals surface area contributed by atoms with Gasteiger partial charge in [-0.3, -0.25) is 4.79 Å². The summed E-state index contributed by atoms with van der Waals surface area (Å²) in [6, 6.07) is 5.10. The molecule has 0 aromatic heterocycles. The summed E-state index contributed by atoms with van der Waals surface area (Å²) in [6.07, 6.45) is 4.18. The minimum absolute atomic E-state index is 0.0677. The average Bonchev–Trinajstić information content (AvgIpc) is 3.01. The number of amides is 1. The lowest BCUT2D eigenvalue weighted by Gasteiger charge is -2.24. The number of esters is 1. The van der Waals surface area contributed by atoms with E-state index in [4.69, 9.17) is 9.47 Å². The number of nitrogens with one attached hydrogen (secondary N) is 1. The maximum atomic E-state index is 13.0. The largest absolute Gasteiger partial charge is 0.509 e. The number of hydrogen-bond acceptors (Lipinski definition) is 7. The van der Waals surface area contributed by atoms with Gasteiger partial charge in [0.1, 0.15) is 22.7 Å². The van der Waals surface area contributed by atoms with Crippen molar-refractivity contribution in [2.24, 2.45) is 5.92 Å². The van der Waals surface area contributed by atoms with E-state index in [1.165, 1.54) is 18.6 Å². The van der Waals surface area contributed by atoms with Gasteiger partial charge in [-0.05, 0) is 50.8 Å². The average molecular weight is 460 g/mol. The van der Waals surface area contributed by atoms with Crippen molar-refractivity contribution in [2.45, 2.75) is 83.5 Å². The summed E-state index contributed by atoms with van der Waals surface area (Å²) in [7, 11) is 0. The van der Waals surface area contributed by atoms with E-state index in [2.05, 4.69) is 5.32 Å². The van der Waals surface area contributed by atoms with E-state index in [-0.39, 0.29) is 12.2 Å². The predicted molar refractivity (Wildman–Crippen MR) is 121 cm³/mol. The Morgan fingerprint density at radius 1 is 1.15 bits per heavy atom. The summed E-state index contributed by atoms with van der Waals surface area (Å²) in [5, 5.41) is 23.1. The van der Waals surface area contributed by atoms with Crippen molar-refractivity contribution in [2.75, 3.05) is 0 Å². The highest BCUT2D eigenvalue weighted by Crippen LogP contribution is 2.32. The summed E-state index contributed by atoms with van der Waals surface area (Å²) in [5.41, 5.74) is -0.530. The van der Waals surface area contributed by atoms with Crippen LogP contribution in [0, 0.1) is 5.92 Å². The zero-order valence-corrected chi connectivity index (χ0v) is 19.4. The molecule has 2 unspecified atom stereocenters. The first-order valence-corrected chi connectivity index (χ1v) is 11.5. The highest BCUT2D eigenvalue weighted by molar-refractivity contribution is 6.23. The molecule has 2 fully saturated rings. The highest BCUT2D eigenvalue weighted by atomic mass is 16.6. The second-order valence-electron chi connectivity index (χ2n) is 9.83. The minimum Gasteiger partial charge on any atom is -0.509 e. The molecule has 3 N–H and O–H groups in total. The fourth-order valence-electron chi connectivity index (χ4n) is 4.32. The third-order valence-corrected chi connectivity index (χ3v) is 5.92. The van der Waals surface area contributed by atoms with Crippen molar-refractivity contribution in [3.05, 3.63) is 41.2 Å². The topological polar surface area (TPSA) is 122 Å². The molecule has 1 heterocycles. The highest BCUT2D eigenvalue weighted by Gasteiger charge is 2.43. The third-order valence-electron chi connectivity index (χ3n) is 5.92. The standard InChI is InChI=1S/C25H33NO7/c1-25(2,3)33-24(31)26-18(13-16-9-11-17(27)12-10-16)21(28)20-22(29)19(32-23(20)30)14-15-7-5-4-6-8-15/h9-12,15,18-19,27-28H,4-8,13-14H2,1-3H3,(H,26,31)/b21-20+. The molecule has 8 heteroatoms. The number of ether oxygens (including phenoxy) is 2. The number of aliphatic hydroxyl groups excluding tert-OH is 1. The molecule has 3 rings (SSSR count). The predicted octanol–water partition coefficient (Wildman–Crippen LogP) is 4.11. The minimum atomic E-state index is -1.09. The molecule has 1 amide bonds. The number of alkyl carbamates (subject to hydrolysis) is 1. The normalized spacial score (nSPS) is 22.0. The van der Waals surface area contributed by atoms with Crippen LogP contribution in [0.1, 0.15) is 64.9 Å². The quantitative estimate of drug-likeness (QED) is 0.253. The van der Waals surface area contributed by atoms with Crippen molar-refractivity contribution >= 4 is 17.8 Å². The van der Waals surface area contributed by atoms with Crippen molar-refractivity contribution in [1.82, 2.24) is 5.32 Å². The number of ketones is 1. The Hall–Kier alpha value is -3.03. The van der Waals surface area contributed by atoms with Gasteiger partial charge in [-0.1, -0.05) is 44.2 Å². The first-order chi connectivity index (χ1) is 15.5. The van der Waals surface area contributed by atoms with Gasteiger partial charge < -0.3 is 25.0 Å². The maximum absolute atomic E-state index is 13.0. The van der Waals surface area contributed by atoms with Crippen LogP contribution in [0.5, 0.6) is 5.75 Å². The van der Waals surface area contributed by atoms with Crippen LogP contribution in [-0.2, 0) is 25.5 Å². The van der Waals surface area contributed by atoms with Gasteiger partial charge in [0.25, 0.3) is 0 Å². The number of carbonyl (C=O) groups is 3. The summed E-state index contributed by atoms with van der Waals surface area (Å²) in [6.45, 7) is 5.11. The van der Waals surface area contributed by atoms with E-state index in [1.54, 1.807) is 32.9 Å². The summed E-state index contributed by atoms with van der Waals surface area (Å²) >= 11 is 0. The van der Waals surface area contributed by atoms with Gasteiger partial charge >= 0.3 is 12.1 Å². The fourth-order valence-corrected chi connectivity index (χ4v) is 4.32. The van der Waals surface area contributed by atoms with Crippen LogP contribution < -0.4 is 5.32 Å². The number of hydrogen-bond donors (Lipinski definition) is 3. The second-order valence-corrected chi connectivity index (χ2v) is 9.83. The van der Waals surface area contributed by atoms with Crippen LogP contribution >= 0.6 is 0 Å². The molecule has 180 valence electrons. The summed E-state index contributed by atoms with van der Waals surface area (Å²) in [4.78, 5) is 38.0. The number of Topliss-reactive ketones (excluding diaryl/α,β-unsaturated/α-hetero) is 1. The zero-order valence-electron chi connectivity index (χ0n) is 19.4. The van der Waals surface area contributed by atoms with Gasteiger partial charge in [-0.25, -0.2) is 9.59 Å². The molecule has 2 aliphatic rings. The third kappa shape index (κ3) is 6.73. The lowest BCUT2D eigenvalue weighted by molar-refractivity contribution is -0.141. The zero-order chi connectivity index (χ0) is 24.2. The van der Waals surface area contributed by atoms with Crippen molar-refractivity contribution < 1.29 is 34.1 Å². The first-order valence-electron chi connectivity index (χ1n) is 11.5. The molecule has 1 saturated heterocycles. The molecule has 0 radical (unpaired) electrons. The molecule has 1 aromatic rings. The van der Waals surface area contributed by atoms with Crippen molar-refractivity contribution in [3.63, 3.8) is 0 Å². The van der Waals surface area contributed by atoms with Gasteiger partial charge in [0.15, 0.2) is 6.10 Å². The molecule has 1 aromatic carbocycles. The number of aromatic hydroxyl groups is 1. The van der Waals surface area contributed by atoms with Gasteiger partial charge in [0.05, 0.1) is 6.04 Å². The summed E-state index contributed by atoms with van der Waals surface area (Å²) in [5.74, 6) is -1.59. The van der Waals surface area contributed by atoms with Crippen LogP contribution in [0.15, 0.2) is 35.6 Å². The van der Waals surface area contributed by atoms with Crippen molar-refractivity contribution in [3.8, 4) is 5.75 Å². The van der Waals surface area contributed by atoms with Gasteiger partial charge in [0.2, 0.25) is 5.78 Å². The van der Waals surface area contributed by atoms with Crippen LogP contribution in [-0.4, -0.2) is 45.8 Å². The number of phenols is 1. The molecular weight excluding hydrogens is 426 g/mol. The van der Waals surface area contributed by atoms with Crippen LogP contribution in [0.4, 0.5) is 4.79 Å². The Kier molecular flexibility index (Phi) is 7.66. The van der Waals surface area contributed by atoms with Gasteiger partial charge in [-0.15, -0.1) is 0 Å². The number of aliphatic hydroxyl groups is 1.